The van der Waals surface area contributed by atoms with Gasteiger partial charge in [-0.25, -0.2) is 4.79 Å². The van der Waals surface area contributed by atoms with Crippen LogP contribution in [0, 0.1) is 5.92 Å². The molecule has 4 rings (SSSR count). The number of hydrogen-bond acceptors (Lipinski definition) is 2. The van der Waals surface area contributed by atoms with Crippen molar-refractivity contribution in [2.45, 2.75) is 25.3 Å². The molecule has 2 fully saturated rings. The van der Waals surface area contributed by atoms with Gasteiger partial charge in [0.1, 0.15) is 12.4 Å². The molecule has 1 aliphatic heterocycles. The summed E-state index contributed by atoms with van der Waals surface area (Å²) in [5.74, 6) is 1.61. The lowest BCUT2D eigenvalue weighted by atomic mass is 10.1. The summed E-state index contributed by atoms with van der Waals surface area (Å²) in [6.07, 6.45) is 3.66. The summed E-state index contributed by atoms with van der Waals surface area (Å²) in [5.41, 5.74) is 0. The van der Waals surface area contributed by atoms with Crippen LogP contribution >= 0.6 is 0 Å². The number of benzene rings is 2. The van der Waals surface area contributed by atoms with E-state index in [9.17, 15) is 4.79 Å². The Balaban J connectivity index is 1.29. The van der Waals surface area contributed by atoms with Gasteiger partial charge < -0.3 is 15.0 Å². The van der Waals surface area contributed by atoms with Crippen molar-refractivity contribution in [3.63, 3.8) is 0 Å². The molecule has 2 aromatic rings. The van der Waals surface area contributed by atoms with Gasteiger partial charge in [-0.15, -0.1) is 0 Å². The number of nitrogens with zero attached hydrogens (tertiary/aromatic N) is 1. The summed E-state index contributed by atoms with van der Waals surface area (Å²) in [7, 11) is 0. The van der Waals surface area contributed by atoms with Gasteiger partial charge in [0.05, 0.1) is 6.54 Å². The lowest BCUT2D eigenvalue weighted by Gasteiger charge is -2.27. The van der Waals surface area contributed by atoms with Crippen molar-refractivity contribution in [2.75, 3.05) is 19.7 Å². The van der Waals surface area contributed by atoms with Gasteiger partial charge in [-0.3, -0.25) is 0 Å². The minimum Gasteiger partial charge on any atom is -0.491 e. The average Bonchev–Trinajstić information content (AvgIpc) is 3.22. The van der Waals surface area contributed by atoms with Gasteiger partial charge in [0.25, 0.3) is 0 Å². The topological polar surface area (TPSA) is 41.6 Å². The maximum atomic E-state index is 12.2. The van der Waals surface area contributed by atoms with E-state index in [0.717, 1.165) is 23.6 Å². The molecule has 4 heteroatoms. The number of carbonyl (C=O) groups is 1. The van der Waals surface area contributed by atoms with E-state index in [-0.39, 0.29) is 6.03 Å². The molecule has 1 saturated carbocycles. The second kappa shape index (κ2) is 6.11. The third kappa shape index (κ3) is 2.85. The van der Waals surface area contributed by atoms with E-state index < -0.39 is 0 Å². The average molecular weight is 310 g/mol. The standard InChI is InChI=1S/C19H22N2O2/c22-19(21-13-14-8-9-16(21)12-14)20-10-11-23-18-7-3-5-15-4-1-2-6-17(15)18/h1-7,14,16H,8-13H2,(H,20,22)/t14-,16-/m0/s1. The number of fused-ring (bicyclic) bond motifs is 3. The molecule has 1 saturated heterocycles. The Morgan fingerprint density at radius 3 is 2.87 bits per heavy atom. The first-order chi connectivity index (χ1) is 11.3. The summed E-state index contributed by atoms with van der Waals surface area (Å²) in [4.78, 5) is 14.2. The molecular formula is C19H22N2O2. The largest absolute Gasteiger partial charge is 0.491 e. The van der Waals surface area contributed by atoms with Crippen LogP contribution in [-0.4, -0.2) is 36.7 Å². The van der Waals surface area contributed by atoms with Crippen LogP contribution in [0.2, 0.25) is 0 Å². The minimum absolute atomic E-state index is 0.0683. The summed E-state index contributed by atoms with van der Waals surface area (Å²) in [6, 6.07) is 14.8. The molecule has 0 spiro atoms. The van der Waals surface area contributed by atoms with Gasteiger partial charge in [-0.2, -0.15) is 0 Å². The van der Waals surface area contributed by atoms with E-state index in [1.807, 2.05) is 29.2 Å². The van der Waals surface area contributed by atoms with Crippen LogP contribution in [0.1, 0.15) is 19.3 Å². The molecule has 2 amide bonds. The lowest BCUT2D eigenvalue weighted by Crippen LogP contribution is -2.45. The number of nitrogens with one attached hydrogen (secondary N) is 1. The van der Waals surface area contributed by atoms with Crippen molar-refractivity contribution < 1.29 is 9.53 Å². The highest BCUT2D eigenvalue weighted by atomic mass is 16.5. The number of ether oxygens (including phenoxy) is 1. The van der Waals surface area contributed by atoms with Gasteiger partial charge in [-0.05, 0) is 36.6 Å². The SMILES string of the molecule is O=C(NCCOc1cccc2ccccc12)N1C[C@H]2CC[C@H]1C2. The molecular weight excluding hydrogens is 288 g/mol. The van der Waals surface area contributed by atoms with Crippen molar-refractivity contribution in [1.82, 2.24) is 10.2 Å². The first kappa shape index (κ1) is 14.4. The molecule has 1 heterocycles. The Hall–Kier alpha value is -2.23. The van der Waals surface area contributed by atoms with Crippen LogP contribution in [0.4, 0.5) is 4.79 Å². The fourth-order valence-corrected chi connectivity index (χ4v) is 3.92. The fraction of sp³-hybridized carbons (Fsp3) is 0.421. The highest BCUT2D eigenvalue weighted by molar-refractivity contribution is 5.88. The third-order valence-electron chi connectivity index (χ3n) is 5.06. The lowest BCUT2D eigenvalue weighted by molar-refractivity contribution is 0.178. The van der Waals surface area contributed by atoms with Crippen molar-refractivity contribution in [2.24, 2.45) is 5.92 Å². The van der Waals surface area contributed by atoms with Gasteiger partial charge in [0.15, 0.2) is 0 Å². The van der Waals surface area contributed by atoms with E-state index >= 15 is 0 Å². The first-order valence-electron chi connectivity index (χ1n) is 8.46. The Labute approximate surface area is 136 Å². The van der Waals surface area contributed by atoms with Crippen molar-refractivity contribution in [3.05, 3.63) is 42.5 Å². The molecule has 0 aromatic heterocycles. The van der Waals surface area contributed by atoms with Crippen LogP contribution in [0.15, 0.2) is 42.5 Å². The predicted octanol–water partition coefficient (Wildman–Crippen LogP) is 3.41. The highest BCUT2D eigenvalue weighted by Gasteiger charge is 2.40. The molecule has 120 valence electrons. The quantitative estimate of drug-likeness (QED) is 0.879. The zero-order valence-corrected chi connectivity index (χ0v) is 13.2. The van der Waals surface area contributed by atoms with Gasteiger partial charge >= 0.3 is 6.03 Å². The Morgan fingerprint density at radius 1 is 1.17 bits per heavy atom. The summed E-state index contributed by atoms with van der Waals surface area (Å²) in [6.45, 7) is 1.96. The number of rotatable bonds is 4. The van der Waals surface area contributed by atoms with E-state index in [4.69, 9.17) is 4.74 Å². The molecule has 23 heavy (non-hydrogen) atoms. The second-order valence-electron chi connectivity index (χ2n) is 6.54. The predicted molar refractivity (Wildman–Crippen MR) is 90.7 cm³/mol. The smallest absolute Gasteiger partial charge is 0.317 e. The molecule has 1 N–H and O–H groups in total. The molecule has 2 aliphatic rings. The number of carbonyl (C=O) groups excluding carboxylic acids is 1. The van der Waals surface area contributed by atoms with Crippen LogP contribution in [0.5, 0.6) is 5.75 Å². The number of hydrogen-bond donors (Lipinski definition) is 1. The normalized spacial score (nSPS) is 22.5. The van der Waals surface area contributed by atoms with Crippen molar-refractivity contribution in [3.8, 4) is 5.75 Å². The monoisotopic (exact) mass is 310 g/mol. The van der Waals surface area contributed by atoms with E-state index in [2.05, 4.69) is 23.5 Å². The first-order valence-corrected chi connectivity index (χ1v) is 8.46. The van der Waals surface area contributed by atoms with Crippen LogP contribution < -0.4 is 10.1 Å². The summed E-state index contributed by atoms with van der Waals surface area (Å²) >= 11 is 0. The fourth-order valence-electron chi connectivity index (χ4n) is 3.92. The molecule has 0 unspecified atom stereocenters. The zero-order valence-electron chi connectivity index (χ0n) is 13.2. The Kier molecular flexibility index (Phi) is 3.82. The van der Waals surface area contributed by atoms with Crippen molar-refractivity contribution in [1.29, 1.82) is 0 Å². The van der Waals surface area contributed by atoms with Crippen LogP contribution in [-0.2, 0) is 0 Å². The van der Waals surface area contributed by atoms with Gasteiger partial charge in [0.2, 0.25) is 0 Å². The molecule has 2 atom stereocenters. The molecule has 4 nitrogen and oxygen atoms in total. The second-order valence-corrected chi connectivity index (χ2v) is 6.54. The van der Waals surface area contributed by atoms with E-state index in [0.29, 0.717) is 19.2 Å². The number of amides is 2. The maximum Gasteiger partial charge on any atom is 0.317 e. The Bertz CT molecular complexity index is 710. The van der Waals surface area contributed by atoms with Crippen LogP contribution in [0.3, 0.4) is 0 Å². The minimum atomic E-state index is 0.0683. The summed E-state index contributed by atoms with van der Waals surface area (Å²) in [5, 5.41) is 5.27. The molecule has 2 aromatic carbocycles. The van der Waals surface area contributed by atoms with Crippen LogP contribution in [0.25, 0.3) is 10.8 Å². The Morgan fingerprint density at radius 2 is 2.04 bits per heavy atom. The number of piperidine rings is 1. The summed E-state index contributed by atoms with van der Waals surface area (Å²) < 4.78 is 5.86. The number of urea groups is 1. The van der Waals surface area contributed by atoms with Gasteiger partial charge in [-0.1, -0.05) is 36.4 Å². The van der Waals surface area contributed by atoms with Crippen molar-refractivity contribution >= 4 is 16.8 Å². The van der Waals surface area contributed by atoms with Gasteiger partial charge in [0, 0.05) is 18.0 Å². The zero-order chi connectivity index (χ0) is 15.6. The molecule has 1 aliphatic carbocycles. The molecule has 0 radical (unpaired) electrons. The maximum absolute atomic E-state index is 12.2. The highest BCUT2D eigenvalue weighted by Crippen LogP contribution is 2.37. The third-order valence-corrected chi connectivity index (χ3v) is 5.06. The van der Waals surface area contributed by atoms with E-state index in [1.54, 1.807) is 0 Å². The number of likely N-dealkylation sites (tertiary alicyclic amines) is 1. The van der Waals surface area contributed by atoms with E-state index in [1.165, 1.54) is 24.6 Å². The molecule has 2 bridgehead atoms.